The molecule has 1 unspecified atom stereocenters. The third kappa shape index (κ3) is 10.5. The van der Waals surface area contributed by atoms with Crippen LogP contribution >= 0.6 is 0 Å². The van der Waals surface area contributed by atoms with E-state index in [0.29, 0.717) is 17.8 Å². The van der Waals surface area contributed by atoms with E-state index < -0.39 is 22.2 Å². The van der Waals surface area contributed by atoms with Crippen molar-refractivity contribution in [2.45, 2.75) is 64.9 Å². The fourth-order valence-electron chi connectivity index (χ4n) is 4.74. The van der Waals surface area contributed by atoms with Crippen LogP contribution in [0.4, 0.5) is 16.2 Å². The SMILES string of the molecule is CCCCCCCN(CC)CCCC(OC(=O)Nc1cccc2ccccc12)c1ccc(NS(C)(=O)=O)cc1. The van der Waals surface area contributed by atoms with E-state index in [9.17, 15) is 13.2 Å². The van der Waals surface area contributed by atoms with Crippen molar-refractivity contribution in [2.24, 2.45) is 0 Å². The molecule has 7 nitrogen and oxygen atoms in total. The Hall–Kier alpha value is -3.10. The molecule has 0 aliphatic carbocycles. The Balaban J connectivity index is 1.67. The molecule has 0 saturated heterocycles. The van der Waals surface area contributed by atoms with Gasteiger partial charge in [0.1, 0.15) is 6.10 Å². The Bertz CT molecular complexity index is 1270. The number of carbonyl (C=O) groups is 1. The van der Waals surface area contributed by atoms with Crippen molar-refractivity contribution in [3.05, 3.63) is 72.3 Å². The number of sulfonamides is 1. The molecule has 0 aliphatic rings. The number of fused-ring (bicyclic) bond motifs is 1. The van der Waals surface area contributed by atoms with E-state index in [2.05, 4.69) is 28.8 Å². The van der Waals surface area contributed by atoms with Crippen LogP contribution in [0.25, 0.3) is 10.8 Å². The van der Waals surface area contributed by atoms with Crippen LogP contribution in [0.2, 0.25) is 0 Å². The molecule has 212 valence electrons. The van der Waals surface area contributed by atoms with Crippen molar-refractivity contribution >= 4 is 38.3 Å². The normalized spacial score (nSPS) is 12.4. The molecule has 39 heavy (non-hydrogen) atoms. The van der Waals surface area contributed by atoms with Gasteiger partial charge in [0.2, 0.25) is 10.0 Å². The highest BCUT2D eigenvalue weighted by Crippen LogP contribution is 2.27. The minimum atomic E-state index is -3.37. The second-order valence-corrected chi connectivity index (χ2v) is 11.8. The monoisotopic (exact) mass is 553 g/mol. The summed E-state index contributed by atoms with van der Waals surface area (Å²) in [6, 6.07) is 20.7. The summed E-state index contributed by atoms with van der Waals surface area (Å²) in [5.41, 5.74) is 2.00. The van der Waals surface area contributed by atoms with Gasteiger partial charge in [0, 0.05) is 11.1 Å². The first-order valence-electron chi connectivity index (χ1n) is 14.0. The van der Waals surface area contributed by atoms with Crippen LogP contribution in [0.15, 0.2) is 66.7 Å². The zero-order chi connectivity index (χ0) is 28.1. The molecule has 0 radical (unpaired) electrons. The van der Waals surface area contributed by atoms with Gasteiger partial charge < -0.3 is 9.64 Å². The van der Waals surface area contributed by atoms with Crippen LogP contribution in [-0.2, 0) is 14.8 Å². The van der Waals surface area contributed by atoms with E-state index in [0.717, 1.165) is 48.6 Å². The Labute approximate surface area is 234 Å². The fourth-order valence-corrected chi connectivity index (χ4v) is 5.31. The number of benzene rings is 3. The Morgan fingerprint density at radius 3 is 2.28 bits per heavy atom. The average molecular weight is 554 g/mol. The number of ether oxygens (including phenoxy) is 1. The Morgan fingerprint density at radius 2 is 1.56 bits per heavy atom. The van der Waals surface area contributed by atoms with Gasteiger partial charge in [-0.15, -0.1) is 0 Å². The van der Waals surface area contributed by atoms with Gasteiger partial charge in [-0.2, -0.15) is 0 Å². The van der Waals surface area contributed by atoms with E-state index in [1.54, 1.807) is 12.1 Å². The number of nitrogens with zero attached hydrogens (tertiary/aromatic N) is 1. The standard InChI is InChI=1S/C31H43N3O4S/c1-4-6-7-8-11-23-34(5-2)24-13-18-30(26-19-21-27(22-20-26)33-39(3,36)37)38-31(35)32-29-17-12-15-25-14-9-10-16-28(25)29/h9-10,12,14-17,19-22,30,33H,4-8,11,13,18,23-24H2,1-3H3,(H,32,35). The number of nitrogens with one attached hydrogen (secondary N) is 2. The van der Waals surface area contributed by atoms with Crippen LogP contribution in [0.3, 0.4) is 0 Å². The molecule has 0 bridgehead atoms. The van der Waals surface area contributed by atoms with E-state index in [1.165, 1.54) is 32.1 Å². The molecule has 0 aliphatic heterocycles. The molecule has 0 fully saturated rings. The molecule has 1 amide bonds. The van der Waals surface area contributed by atoms with Crippen LogP contribution in [0.5, 0.6) is 0 Å². The fraction of sp³-hybridized carbons (Fsp3) is 0.452. The summed E-state index contributed by atoms with van der Waals surface area (Å²) >= 11 is 0. The quantitative estimate of drug-likeness (QED) is 0.179. The lowest BCUT2D eigenvalue weighted by Crippen LogP contribution is -2.26. The zero-order valence-corrected chi connectivity index (χ0v) is 24.3. The smallest absolute Gasteiger partial charge is 0.412 e. The molecule has 1 atom stereocenters. The third-order valence-corrected chi connectivity index (χ3v) is 7.43. The second-order valence-electron chi connectivity index (χ2n) is 10.0. The van der Waals surface area contributed by atoms with Gasteiger partial charge in [0.25, 0.3) is 0 Å². The number of hydrogen-bond donors (Lipinski definition) is 2. The van der Waals surface area contributed by atoms with E-state index in [1.807, 2.05) is 54.6 Å². The van der Waals surface area contributed by atoms with Crippen molar-refractivity contribution in [2.75, 3.05) is 35.9 Å². The first-order chi connectivity index (χ1) is 18.8. The van der Waals surface area contributed by atoms with E-state index in [4.69, 9.17) is 4.74 Å². The predicted molar refractivity (Wildman–Crippen MR) is 162 cm³/mol. The van der Waals surface area contributed by atoms with E-state index >= 15 is 0 Å². The van der Waals surface area contributed by atoms with Gasteiger partial charge in [-0.05, 0) is 68.0 Å². The van der Waals surface area contributed by atoms with Crippen molar-refractivity contribution in [1.82, 2.24) is 4.90 Å². The maximum atomic E-state index is 13.0. The molecule has 3 aromatic rings. The zero-order valence-electron chi connectivity index (χ0n) is 23.5. The number of hydrogen-bond acceptors (Lipinski definition) is 5. The van der Waals surface area contributed by atoms with Crippen LogP contribution in [0.1, 0.15) is 70.5 Å². The largest absolute Gasteiger partial charge is 0.441 e. The first kappa shape index (κ1) is 30.4. The number of rotatable bonds is 16. The highest BCUT2D eigenvalue weighted by atomic mass is 32.2. The molecule has 3 aromatic carbocycles. The van der Waals surface area contributed by atoms with E-state index in [-0.39, 0.29) is 0 Å². The van der Waals surface area contributed by atoms with Gasteiger partial charge in [-0.3, -0.25) is 10.0 Å². The summed E-state index contributed by atoms with van der Waals surface area (Å²) < 4.78 is 31.6. The van der Waals surface area contributed by atoms with Gasteiger partial charge in [0.15, 0.2) is 0 Å². The third-order valence-electron chi connectivity index (χ3n) is 6.83. The Morgan fingerprint density at radius 1 is 0.872 bits per heavy atom. The molecule has 3 rings (SSSR count). The molecule has 0 saturated carbocycles. The average Bonchev–Trinajstić information content (AvgIpc) is 2.91. The highest BCUT2D eigenvalue weighted by molar-refractivity contribution is 7.92. The van der Waals surface area contributed by atoms with Crippen LogP contribution in [-0.4, -0.2) is 45.3 Å². The summed E-state index contributed by atoms with van der Waals surface area (Å²) in [5.74, 6) is 0. The number of unbranched alkanes of at least 4 members (excludes halogenated alkanes) is 4. The maximum absolute atomic E-state index is 13.0. The summed E-state index contributed by atoms with van der Waals surface area (Å²) in [6.07, 6.45) is 7.98. The van der Waals surface area contributed by atoms with Crippen molar-refractivity contribution in [3.8, 4) is 0 Å². The summed E-state index contributed by atoms with van der Waals surface area (Å²) in [5, 5.41) is 4.90. The van der Waals surface area contributed by atoms with Crippen LogP contribution in [0, 0.1) is 0 Å². The molecular weight excluding hydrogens is 510 g/mol. The molecular formula is C31H43N3O4S. The minimum Gasteiger partial charge on any atom is -0.441 e. The van der Waals surface area contributed by atoms with Gasteiger partial charge in [0.05, 0.1) is 11.9 Å². The summed E-state index contributed by atoms with van der Waals surface area (Å²) in [7, 11) is -3.37. The number of anilines is 2. The molecule has 0 spiro atoms. The molecule has 2 N–H and O–H groups in total. The molecule has 8 heteroatoms. The topological polar surface area (TPSA) is 87.7 Å². The lowest BCUT2D eigenvalue weighted by atomic mass is 10.0. The first-order valence-corrected chi connectivity index (χ1v) is 15.9. The second kappa shape index (κ2) is 15.5. The summed E-state index contributed by atoms with van der Waals surface area (Å²) in [6.45, 7) is 7.43. The molecule has 0 heterocycles. The lowest BCUT2D eigenvalue weighted by Gasteiger charge is -2.23. The van der Waals surface area contributed by atoms with Crippen molar-refractivity contribution in [3.63, 3.8) is 0 Å². The number of amides is 1. The maximum Gasteiger partial charge on any atom is 0.412 e. The van der Waals surface area contributed by atoms with Gasteiger partial charge in [-0.1, -0.05) is 88.1 Å². The number of carbonyl (C=O) groups excluding carboxylic acids is 1. The van der Waals surface area contributed by atoms with Crippen molar-refractivity contribution < 1.29 is 17.9 Å². The lowest BCUT2D eigenvalue weighted by molar-refractivity contribution is 0.101. The minimum absolute atomic E-state index is 0.462. The predicted octanol–water partition coefficient (Wildman–Crippen LogP) is 7.57. The van der Waals surface area contributed by atoms with Gasteiger partial charge >= 0.3 is 6.09 Å². The van der Waals surface area contributed by atoms with Crippen molar-refractivity contribution in [1.29, 1.82) is 0 Å². The molecule has 0 aromatic heterocycles. The Kier molecular flexibility index (Phi) is 12.1. The highest BCUT2D eigenvalue weighted by Gasteiger charge is 2.19. The van der Waals surface area contributed by atoms with Crippen LogP contribution < -0.4 is 10.0 Å². The summed E-state index contributed by atoms with van der Waals surface area (Å²) in [4.78, 5) is 15.5. The van der Waals surface area contributed by atoms with Gasteiger partial charge in [-0.25, -0.2) is 13.2 Å².